The summed E-state index contributed by atoms with van der Waals surface area (Å²) in [6, 6.07) is 9.69. The normalized spacial score (nSPS) is 11.1. The van der Waals surface area contributed by atoms with Gasteiger partial charge in [0.05, 0.1) is 18.3 Å². The maximum Gasteiger partial charge on any atom is 0.220 e. The molecule has 22 heavy (non-hydrogen) atoms. The first-order valence-corrected chi connectivity index (χ1v) is 6.79. The summed E-state index contributed by atoms with van der Waals surface area (Å²) in [5.41, 5.74) is 9.06. The van der Waals surface area contributed by atoms with E-state index in [9.17, 15) is 0 Å². The Morgan fingerprint density at radius 3 is 2.73 bits per heavy atom. The molecule has 4 aromatic rings. The summed E-state index contributed by atoms with van der Waals surface area (Å²) >= 11 is 0. The number of hydrogen-bond acceptors (Lipinski definition) is 5. The molecule has 1 aromatic carbocycles. The number of H-pyrrole nitrogens is 1. The van der Waals surface area contributed by atoms with Gasteiger partial charge in [0.1, 0.15) is 11.4 Å². The molecule has 3 heterocycles. The summed E-state index contributed by atoms with van der Waals surface area (Å²) in [6.07, 6.45) is 3.40. The lowest BCUT2D eigenvalue weighted by Crippen LogP contribution is -1.96. The maximum absolute atomic E-state index is 5.68. The smallest absolute Gasteiger partial charge is 0.220 e. The van der Waals surface area contributed by atoms with Crippen LogP contribution in [0.3, 0.4) is 0 Å². The van der Waals surface area contributed by atoms with E-state index in [1.54, 1.807) is 25.6 Å². The van der Waals surface area contributed by atoms with Crippen LogP contribution in [0.1, 0.15) is 0 Å². The zero-order valence-electron chi connectivity index (χ0n) is 11.9. The molecule has 0 unspecified atom stereocenters. The van der Waals surface area contributed by atoms with Gasteiger partial charge in [-0.1, -0.05) is 0 Å². The van der Waals surface area contributed by atoms with Crippen LogP contribution in [0.15, 0.2) is 42.7 Å². The SMILES string of the molecule is COc1ccc2[nH]c3c(-c4ccnc(N)n4)nccc3c2c1. The van der Waals surface area contributed by atoms with Crippen molar-refractivity contribution in [3.8, 4) is 17.1 Å². The first kappa shape index (κ1) is 12.6. The highest BCUT2D eigenvalue weighted by atomic mass is 16.5. The van der Waals surface area contributed by atoms with Gasteiger partial charge in [-0.2, -0.15) is 0 Å². The molecule has 0 saturated heterocycles. The summed E-state index contributed by atoms with van der Waals surface area (Å²) in [7, 11) is 1.66. The van der Waals surface area contributed by atoms with E-state index in [2.05, 4.69) is 19.9 Å². The Kier molecular flexibility index (Phi) is 2.69. The Bertz CT molecular complexity index is 992. The highest BCUT2D eigenvalue weighted by Crippen LogP contribution is 2.32. The van der Waals surface area contributed by atoms with E-state index < -0.39 is 0 Å². The minimum absolute atomic E-state index is 0.231. The third kappa shape index (κ3) is 1.85. The second-order valence-corrected chi connectivity index (χ2v) is 4.92. The number of rotatable bonds is 2. The molecule has 0 aliphatic heterocycles. The van der Waals surface area contributed by atoms with Crippen LogP contribution in [-0.4, -0.2) is 27.0 Å². The first-order valence-electron chi connectivity index (χ1n) is 6.79. The number of benzene rings is 1. The molecule has 0 fully saturated rings. The van der Waals surface area contributed by atoms with Crippen LogP contribution in [-0.2, 0) is 0 Å². The predicted molar refractivity (Wildman–Crippen MR) is 85.6 cm³/mol. The van der Waals surface area contributed by atoms with E-state index >= 15 is 0 Å². The van der Waals surface area contributed by atoms with E-state index in [-0.39, 0.29) is 5.95 Å². The molecule has 6 heteroatoms. The quantitative estimate of drug-likeness (QED) is 0.592. The van der Waals surface area contributed by atoms with Crippen LogP contribution < -0.4 is 10.5 Å². The molecule has 3 N–H and O–H groups in total. The van der Waals surface area contributed by atoms with Crippen molar-refractivity contribution in [3.63, 3.8) is 0 Å². The Morgan fingerprint density at radius 1 is 1.05 bits per heavy atom. The first-order chi connectivity index (χ1) is 10.8. The Labute approximate surface area is 126 Å². The van der Waals surface area contributed by atoms with Gasteiger partial charge < -0.3 is 15.5 Å². The third-order valence-electron chi connectivity index (χ3n) is 3.64. The van der Waals surface area contributed by atoms with E-state index in [4.69, 9.17) is 10.5 Å². The Balaban J connectivity index is 2.05. The molecule has 3 aromatic heterocycles. The standard InChI is InChI=1S/C16H13N5O/c1-22-9-2-3-12-11(8-9)10-4-6-18-15(14(10)20-12)13-5-7-19-16(17)21-13/h2-8,20H,1H3,(H2,17,19,21). The molecule has 0 saturated carbocycles. The van der Waals surface area contributed by atoms with E-state index in [1.807, 2.05) is 24.3 Å². The van der Waals surface area contributed by atoms with Crippen LogP contribution >= 0.6 is 0 Å². The average molecular weight is 291 g/mol. The average Bonchev–Trinajstić information content (AvgIpc) is 2.92. The number of ether oxygens (including phenoxy) is 1. The monoisotopic (exact) mass is 291 g/mol. The molecule has 6 nitrogen and oxygen atoms in total. The number of nitrogens with zero attached hydrogens (tertiary/aromatic N) is 3. The molecule has 0 spiro atoms. The molecule has 4 rings (SSSR count). The molecular weight excluding hydrogens is 278 g/mol. The number of hydrogen-bond donors (Lipinski definition) is 2. The molecule has 0 atom stereocenters. The zero-order chi connectivity index (χ0) is 15.1. The highest BCUT2D eigenvalue weighted by Gasteiger charge is 2.12. The largest absolute Gasteiger partial charge is 0.497 e. The van der Waals surface area contributed by atoms with Gasteiger partial charge in [0.25, 0.3) is 0 Å². The maximum atomic E-state index is 5.68. The van der Waals surface area contributed by atoms with E-state index in [0.717, 1.165) is 33.2 Å². The van der Waals surface area contributed by atoms with Gasteiger partial charge in [0, 0.05) is 28.7 Å². The summed E-state index contributed by atoms with van der Waals surface area (Å²) in [4.78, 5) is 16.0. The lowest BCUT2D eigenvalue weighted by atomic mass is 10.1. The van der Waals surface area contributed by atoms with Crippen molar-refractivity contribution in [1.29, 1.82) is 0 Å². The molecular formula is C16H13N5O. The fourth-order valence-electron chi connectivity index (χ4n) is 2.63. The summed E-state index contributed by atoms with van der Waals surface area (Å²) in [6.45, 7) is 0. The fourth-order valence-corrected chi connectivity index (χ4v) is 2.63. The van der Waals surface area contributed by atoms with Gasteiger partial charge in [-0.05, 0) is 30.3 Å². The zero-order valence-corrected chi connectivity index (χ0v) is 11.9. The summed E-state index contributed by atoms with van der Waals surface area (Å²) in [5.74, 6) is 1.05. The van der Waals surface area contributed by atoms with Crippen LogP contribution in [0.4, 0.5) is 5.95 Å². The summed E-state index contributed by atoms with van der Waals surface area (Å²) in [5, 5.41) is 2.15. The highest BCUT2D eigenvalue weighted by molar-refractivity contribution is 6.11. The third-order valence-corrected chi connectivity index (χ3v) is 3.64. The van der Waals surface area contributed by atoms with E-state index in [1.165, 1.54) is 0 Å². The number of pyridine rings is 1. The number of nitrogens with two attached hydrogens (primary N) is 1. The van der Waals surface area contributed by atoms with Crippen LogP contribution in [0.5, 0.6) is 5.75 Å². The van der Waals surface area contributed by atoms with Gasteiger partial charge in [-0.25, -0.2) is 9.97 Å². The second-order valence-electron chi connectivity index (χ2n) is 4.92. The van der Waals surface area contributed by atoms with Gasteiger partial charge in [0.2, 0.25) is 5.95 Å². The van der Waals surface area contributed by atoms with Crippen molar-refractivity contribution in [1.82, 2.24) is 19.9 Å². The van der Waals surface area contributed by atoms with E-state index in [0.29, 0.717) is 5.69 Å². The predicted octanol–water partition coefficient (Wildman–Crippen LogP) is 2.76. The summed E-state index contributed by atoms with van der Waals surface area (Å²) < 4.78 is 5.30. The minimum Gasteiger partial charge on any atom is -0.497 e. The lowest BCUT2D eigenvalue weighted by Gasteiger charge is -2.02. The second kappa shape index (κ2) is 4.70. The van der Waals surface area contributed by atoms with Gasteiger partial charge in [0.15, 0.2) is 0 Å². The van der Waals surface area contributed by atoms with Gasteiger partial charge in [-0.15, -0.1) is 0 Å². The molecule has 0 radical (unpaired) electrons. The molecule has 0 aliphatic carbocycles. The molecule has 108 valence electrons. The van der Waals surface area contributed by atoms with Crippen molar-refractivity contribution in [2.45, 2.75) is 0 Å². The molecule has 0 amide bonds. The van der Waals surface area contributed by atoms with Crippen molar-refractivity contribution >= 4 is 27.8 Å². The number of fused-ring (bicyclic) bond motifs is 3. The van der Waals surface area contributed by atoms with Crippen LogP contribution in [0.25, 0.3) is 33.2 Å². The Morgan fingerprint density at radius 2 is 1.91 bits per heavy atom. The van der Waals surface area contributed by atoms with Crippen molar-refractivity contribution < 1.29 is 4.74 Å². The minimum atomic E-state index is 0.231. The molecule has 0 aliphatic rings. The van der Waals surface area contributed by atoms with Crippen molar-refractivity contribution in [2.75, 3.05) is 12.8 Å². The van der Waals surface area contributed by atoms with Gasteiger partial charge in [-0.3, -0.25) is 4.98 Å². The number of anilines is 1. The van der Waals surface area contributed by atoms with Crippen molar-refractivity contribution in [3.05, 3.63) is 42.7 Å². The number of nitrogens with one attached hydrogen (secondary N) is 1. The van der Waals surface area contributed by atoms with Crippen molar-refractivity contribution in [2.24, 2.45) is 0 Å². The fraction of sp³-hybridized carbons (Fsp3) is 0.0625. The molecule has 0 bridgehead atoms. The van der Waals surface area contributed by atoms with Gasteiger partial charge >= 0.3 is 0 Å². The lowest BCUT2D eigenvalue weighted by molar-refractivity contribution is 0.415. The Hall–Kier alpha value is -3.15. The van der Waals surface area contributed by atoms with Crippen LogP contribution in [0.2, 0.25) is 0 Å². The van der Waals surface area contributed by atoms with Crippen LogP contribution in [0, 0.1) is 0 Å². The number of aromatic amines is 1. The number of aromatic nitrogens is 4. The number of nitrogen functional groups attached to an aromatic ring is 1. The topological polar surface area (TPSA) is 89.7 Å². The number of methoxy groups -OCH3 is 1.